The second-order valence-electron chi connectivity index (χ2n) is 1.50. The van der Waals surface area contributed by atoms with E-state index in [1.165, 1.54) is 0 Å². The lowest BCUT2D eigenvalue weighted by Crippen LogP contribution is -1.73. The first-order valence-corrected chi connectivity index (χ1v) is 2.61. The Balaban J connectivity index is 3.17. The van der Waals surface area contributed by atoms with Crippen molar-refractivity contribution in [2.75, 3.05) is 0 Å². The quantitative estimate of drug-likeness (QED) is 0.539. The molecule has 0 aliphatic heterocycles. The van der Waals surface area contributed by atoms with E-state index < -0.39 is 0 Å². The third-order valence-corrected chi connectivity index (χ3v) is 1.10. The lowest BCUT2D eigenvalue weighted by Gasteiger charge is -1.93. The van der Waals surface area contributed by atoms with Gasteiger partial charge in [-0.25, -0.2) is 4.98 Å². The van der Waals surface area contributed by atoms with Gasteiger partial charge in [0.2, 0.25) is 0 Å². The van der Waals surface area contributed by atoms with Crippen LogP contribution in [0.1, 0.15) is 0 Å². The van der Waals surface area contributed by atoms with Gasteiger partial charge in [0.15, 0.2) is 10.9 Å². The lowest BCUT2D eigenvalue weighted by molar-refractivity contribution is 0.446. The summed E-state index contributed by atoms with van der Waals surface area (Å²) in [6.45, 7) is 0. The second kappa shape index (κ2) is 2.11. The van der Waals surface area contributed by atoms with Gasteiger partial charge >= 0.3 is 0 Å². The zero-order valence-corrected chi connectivity index (χ0v) is 5.13. The predicted octanol–water partition coefficient (Wildman–Crippen LogP) is 1.15. The molecule has 0 spiro atoms. The van der Waals surface area contributed by atoms with Crippen LogP contribution in [0.5, 0.6) is 11.5 Å². The molecule has 0 aliphatic rings. The van der Waals surface area contributed by atoms with Crippen LogP contribution in [0.15, 0.2) is 12.3 Å². The average molecular weight is 146 g/mol. The normalized spacial score (nSPS) is 9.44. The Kier molecular flexibility index (Phi) is 1.44. The first-order chi connectivity index (χ1) is 4.20. The molecule has 4 heteroatoms. The summed E-state index contributed by atoms with van der Waals surface area (Å²) in [5, 5.41) is 17.4. The van der Waals surface area contributed by atoms with E-state index in [4.69, 9.17) is 21.8 Å². The lowest BCUT2D eigenvalue weighted by atomic mass is 10.4. The van der Waals surface area contributed by atoms with Gasteiger partial charge in [-0.2, -0.15) is 0 Å². The Bertz CT molecular complexity index is 226. The Morgan fingerprint density at radius 2 is 2.11 bits per heavy atom. The highest BCUT2D eigenvalue weighted by atomic mass is 35.5. The van der Waals surface area contributed by atoms with Gasteiger partial charge in [-0.1, -0.05) is 11.6 Å². The van der Waals surface area contributed by atoms with Gasteiger partial charge in [0.1, 0.15) is 5.75 Å². The van der Waals surface area contributed by atoms with Gasteiger partial charge < -0.3 is 10.2 Å². The van der Waals surface area contributed by atoms with Crippen molar-refractivity contribution in [1.82, 2.24) is 4.98 Å². The van der Waals surface area contributed by atoms with Crippen LogP contribution in [0.2, 0.25) is 5.15 Å². The van der Waals surface area contributed by atoms with Gasteiger partial charge in [0, 0.05) is 6.07 Å². The van der Waals surface area contributed by atoms with Gasteiger partial charge in [0.25, 0.3) is 0 Å². The molecule has 0 saturated heterocycles. The summed E-state index contributed by atoms with van der Waals surface area (Å²) in [5.74, 6) is -0.312. The topological polar surface area (TPSA) is 53.4 Å². The molecule has 3 nitrogen and oxygen atoms in total. The predicted molar refractivity (Wildman–Crippen MR) is 32.6 cm³/mol. The fourth-order valence-corrected chi connectivity index (χ4v) is 0.529. The first-order valence-electron chi connectivity index (χ1n) is 2.23. The minimum absolute atomic E-state index is 0.00667. The summed E-state index contributed by atoms with van der Waals surface area (Å²) in [4.78, 5) is 3.44. The van der Waals surface area contributed by atoms with E-state index in [9.17, 15) is 0 Å². The van der Waals surface area contributed by atoms with Crippen molar-refractivity contribution < 1.29 is 10.2 Å². The number of halogens is 1. The largest absolute Gasteiger partial charge is 0.506 e. The highest BCUT2D eigenvalue weighted by molar-refractivity contribution is 6.30. The van der Waals surface area contributed by atoms with E-state index in [0.717, 1.165) is 12.3 Å². The highest BCUT2D eigenvalue weighted by Crippen LogP contribution is 2.23. The SMILES string of the molecule is Oc1cnc(Cl)c(O)c1. The molecule has 1 heterocycles. The van der Waals surface area contributed by atoms with Crippen molar-refractivity contribution in [2.24, 2.45) is 0 Å². The zero-order valence-electron chi connectivity index (χ0n) is 4.37. The number of hydrogen-bond donors (Lipinski definition) is 2. The van der Waals surface area contributed by atoms with Crippen LogP contribution in [0.3, 0.4) is 0 Å². The van der Waals surface area contributed by atoms with Gasteiger partial charge in [-0.15, -0.1) is 0 Å². The van der Waals surface area contributed by atoms with Crippen LogP contribution in [0.4, 0.5) is 0 Å². The summed E-state index contributed by atoms with van der Waals surface area (Å²) in [6.07, 6.45) is 1.15. The van der Waals surface area contributed by atoms with E-state index in [1.807, 2.05) is 0 Å². The molecule has 2 N–H and O–H groups in total. The Morgan fingerprint density at radius 3 is 2.56 bits per heavy atom. The first kappa shape index (κ1) is 6.16. The van der Waals surface area contributed by atoms with Crippen LogP contribution < -0.4 is 0 Å². The number of nitrogens with zero attached hydrogens (tertiary/aromatic N) is 1. The standard InChI is InChI=1S/C5H4ClNO2/c6-5-4(9)1-3(8)2-7-5/h1-2,8-9H. The van der Waals surface area contributed by atoms with Crippen LogP contribution in [-0.4, -0.2) is 15.2 Å². The molecule has 1 aromatic rings. The van der Waals surface area contributed by atoms with Crippen molar-refractivity contribution in [2.45, 2.75) is 0 Å². The molecule has 0 saturated carbocycles. The monoisotopic (exact) mass is 145 g/mol. The minimum atomic E-state index is -0.211. The van der Waals surface area contributed by atoms with Crippen LogP contribution in [0.25, 0.3) is 0 Å². The molecule has 0 amide bonds. The molecule has 1 aromatic heterocycles. The summed E-state index contributed by atoms with van der Waals surface area (Å²) in [6, 6.07) is 1.12. The maximum absolute atomic E-state index is 8.75. The van der Waals surface area contributed by atoms with Crippen molar-refractivity contribution >= 4 is 11.6 Å². The maximum Gasteiger partial charge on any atom is 0.171 e. The third kappa shape index (κ3) is 1.23. The molecule has 0 fully saturated rings. The molecule has 0 aromatic carbocycles. The molecule has 0 atom stereocenters. The van der Waals surface area contributed by atoms with Gasteiger partial charge in [-0.3, -0.25) is 0 Å². The number of pyridine rings is 1. The van der Waals surface area contributed by atoms with Crippen molar-refractivity contribution in [3.05, 3.63) is 17.4 Å². The maximum atomic E-state index is 8.75. The van der Waals surface area contributed by atoms with Gasteiger partial charge in [-0.05, 0) is 0 Å². The smallest absolute Gasteiger partial charge is 0.171 e. The fraction of sp³-hybridized carbons (Fsp3) is 0. The average Bonchev–Trinajstić information content (AvgIpc) is 1.80. The molecule has 0 radical (unpaired) electrons. The molecule has 9 heavy (non-hydrogen) atoms. The number of aromatic nitrogens is 1. The van der Waals surface area contributed by atoms with E-state index in [-0.39, 0.29) is 16.7 Å². The Hall–Kier alpha value is -0.960. The fourth-order valence-electron chi connectivity index (χ4n) is 0.426. The summed E-state index contributed by atoms with van der Waals surface area (Å²) in [7, 11) is 0. The van der Waals surface area contributed by atoms with E-state index in [0.29, 0.717) is 0 Å². The molecular weight excluding hydrogens is 142 g/mol. The van der Waals surface area contributed by atoms with E-state index >= 15 is 0 Å². The molecule has 0 aliphatic carbocycles. The summed E-state index contributed by atoms with van der Waals surface area (Å²) in [5.41, 5.74) is 0. The number of aromatic hydroxyl groups is 2. The third-order valence-electron chi connectivity index (χ3n) is 0.806. The second-order valence-corrected chi connectivity index (χ2v) is 1.86. The summed E-state index contributed by atoms with van der Waals surface area (Å²) < 4.78 is 0. The Labute approximate surface area is 56.5 Å². The van der Waals surface area contributed by atoms with Crippen LogP contribution >= 0.6 is 11.6 Å². The number of hydrogen-bond acceptors (Lipinski definition) is 3. The van der Waals surface area contributed by atoms with Crippen molar-refractivity contribution in [3.8, 4) is 11.5 Å². The number of rotatable bonds is 0. The molecule has 0 unspecified atom stereocenters. The van der Waals surface area contributed by atoms with E-state index in [2.05, 4.69) is 4.98 Å². The molecule has 48 valence electrons. The van der Waals surface area contributed by atoms with Gasteiger partial charge in [0.05, 0.1) is 6.20 Å². The molecule has 1 rings (SSSR count). The van der Waals surface area contributed by atoms with E-state index in [1.54, 1.807) is 0 Å². The van der Waals surface area contributed by atoms with Crippen molar-refractivity contribution in [1.29, 1.82) is 0 Å². The summed E-state index contributed by atoms with van der Waals surface area (Å²) >= 11 is 5.31. The zero-order chi connectivity index (χ0) is 6.85. The highest BCUT2D eigenvalue weighted by Gasteiger charge is 1.97. The molecular formula is C5H4ClNO2. The molecule has 0 bridgehead atoms. The Morgan fingerprint density at radius 1 is 1.44 bits per heavy atom. The minimum Gasteiger partial charge on any atom is -0.506 e. The van der Waals surface area contributed by atoms with Crippen LogP contribution in [0, 0.1) is 0 Å². The van der Waals surface area contributed by atoms with Crippen molar-refractivity contribution in [3.63, 3.8) is 0 Å². The van der Waals surface area contributed by atoms with Crippen LogP contribution in [-0.2, 0) is 0 Å².